The molecule has 0 radical (unpaired) electrons. The van der Waals surface area contributed by atoms with Crippen LogP contribution in [0, 0.1) is 5.92 Å². The van der Waals surface area contributed by atoms with Crippen molar-refractivity contribution in [3.8, 4) is 5.75 Å². The molecule has 19 heavy (non-hydrogen) atoms. The standard InChI is InChI=1S/C14H19NO4/c1-10(2)14(18)15(9-8-13(16)17)11-6-4-5-7-12(11)19-3/h4-7,10H,8-9H2,1-3H3,(H,16,17). The number of nitrogens with zero attached hydrogens (tertiary/aromatic N) is 1. The Bertz CT molecular complexity index is 457. The average molecular weight is 265 g/mol. The monoisotopic (exact) mass is 265 g/mol. The van der Waals surface area contributed by atoms with Gasteiger partial charge in [0.1, 0.15) is 5.75 Å². The summed E-state index contributed by atoms with van der Waals surface area (Å²) in [6.07, 6.45) is -0.101. The first-order valence-corrected chi connectivity index (χ1v) is 6.13. The molecule has 0 aliphatic rings. The van der Waals surface area contributed by atoms with E-state index in [0.29, 0.717) is 11.4 Å². The summed E-state index contributed by atoms with van der Waals surface area (Å²) in [5, 5.41) is 8.79. The summed E-state index contributed by atoms with van der Waals surface area (Å²) in [4.78, 5) is 24.4. The minimum atomic E-state index is -0.934. The number of carboxylic acids is 1. The van der Waals surface area contributed by atoms with Gasteiger partial charge in [0.15, 0.2) is 0 Å². The highest BCUT2D eigenvalue weighted by atomic mass is 16.5. The largest absolute Gasteiger partial charge is 0.495 e. The summed E-state index contributed by atoms with van der Waals surface area (Å²) in [7, 11) is 1.52. The number of carbonyl (C=O) groups excluding carboxylic acids is 1. The molecule has 0 aliphatic carbocycles. The van der Waals surface area contributed by atoms with E-state index < -0.39 is 5.97 Å². The number of carbonyl (C=O) groups is 2. The van der Waals surface area contributed by atoms with E-state index in [0.717, 1.165) is 0 Å². The lowest BCUT2D eigenvalue weighted by atomic mass is 10.1. The Morgan fingerprint density at radius 3 is 2.47 bits per heavy atom. The maximum atomic E-state index is 12.2. The van der Waals surface area contributed by atoms with Gasteiger partial charge in [0.05, 0.1) is 19.2 Å². The van der Waals surface area contributed by atoms with Crippen molar-refractivity contribution in [1.82, 2.24) is 0 Å². The molecule has 1 aromatic rings. The van der Waals surface area contributed by atoms with Gasteiger partial charge < -0.3 is 14.7 Å². The fraction of sp³-hybridized carbons (Fsp3) is 0.429. The number of hydrogen-bond acceptors (Lipinski definition) is 3. The second-order valence-corrected chi connectivity index (χ2v) is 4.46. The van der Waals surface area contributed by atoms with Crippen LogP contribution >= 0.6 is 0 Å². The fourth-order valence-electron chi connectivity index (χ4n) is 1.72. The van der Waals surface area contributed by atoms with Gasteiger partial charge in [-0.15, -0.1) is 0 Å². The highest BCUT2D eigenvalue weighted by Gasteiger charge is 2.22. The van der Waals surface area contributed by atoms with E-state index in [1.807, 2.05) is 0 Å². The predicted molar refractivity (Wildman–Crippen MR) is 72.4 cm³/mol. The quantitative estimate of drug-likeness (QED) is 0.856. The van der Waals surface area contributed by atoms with Gasteiger partial charge >= 0.3 is 5.97 Å². The molecule has 5 nitrogen and oxygen atoms in total. The van der Waals surface area contributed by atoms with Crippen LogP contribution in [0.5, 0.6) is 5.75 Å². The van der Waals surface area contributed by atoms with Crippen LogP contribution in [0.25, 0.3) is 0 Å². The minimum absolute atomic E-state index is 0.101. The van der Waals surface area contributed by atoms with Gasteiger partial charge in [-0.3, -0.25) is 9.59 Å². The first kappa shape index (κ1) is 15.0. The number of aliphatic carboxylic acids is 1. The number of anilines is 1. The van der Waals surface area contributed by atoms with E-state index in [4.69, 9.17) is 9.84 Å². The van der Waals surface area contributed by atoms with Crippen LogP contribution < -0.4 is 9.64 Å². The molecule has 0 fully saturated rings. The number of para-hydroxylation sites is 2. The predicted octanol–water partition coefficient (Wildman–Crippen LogP) is 2.16. The second-order valence-electron chi connectivity index (χ2n) is 4.46. The molecule has 0 aliphatic heterocycles. The number of ether oxygens (including phenoxy) is 1. The van der Waals surface area contributed by atoms with Crippen molar-refractivity contribution >= 4 is 17.6 Å². The molecular formula is C14H19NO4. The number of amides is 1. The fourth-order valence-corrected chi connectivity index (χ4v) is 1.72. The van der Waals surface area contributed by atoms with Crippen LogP contribution in [-0.4, -0.2) is 30.6 Å². The topological polar surface area (TPSA) is 66.8 Å². The Hall–Kier alpha value is -2.04. The van der Waals surface area contributed by atoms with Gasteiger partial charge in [-0.1, -0.05) is 26.0 Å². The molecule has 104 valence electrons. The van der Waals surface area contributed by atoms with Crippen molar-refractivity contribution in [3.05, 3.63) is 24.3 Å². The molecule has 0 heterocycles. The minimum Gasteiger partial charge on any atom is -0.495 e. The molecule has 0 unspecified atom stereocenters. The Kier molecular flexibility index (Phi) is 5.36. The number of carboxylic acid groups (broad SMARTS) is 1. The Labute approximate surface area is 112 Å². The number of methoxy groups -OCH3 is 1. The first-order chi connectivity index (χ1) is 8.97. The third kappa shape index (κ3) is 3.98. The zero-order chi connectivity index (χ0) is 14.4. The molecule has 0 saturated carbocycles. The van der Waals surface area contributed by atoms with Gasteiger partial charge in [-0.05, 0) is 12.1 Å². The molecule has 1 rings (SSSR count). The summed E-state index contributed by atoms with van der Waals surface area (Å²) < 4.78 is 5.22. The van der Waals surface area contributed by atoms with Gasteiger partial charge in [-0.25, -0.2) is 0 Å². The number of hydrogen-bond donors (Lipinski definition) is 1. The Morgan fingerprint density at radius 1 is 1.32 bits per heavy atom. The van der Waals surface area contributed by atoms with Crippen molar-refractivity contribution in [2.45, 2.75) is 20.3 Å². The maximum Gasteiger partial charge on any atom is 0.305 e. The molecule has 0 saturated heterocycles. The van der Waals surface area contributed by atoms with Crippen molar-refractivity contribution in [2.75, 3.05) is 18.6 Å². The molecule has 0 aromatic heterocycles. The maximum absolute atomic E-state index is 12.2. The average Bonchev–Trinajstić information content (AvgIpc) is 2.38. The first-order valence-electron chi connectivity index (χ1n) is 6.13. The summed E-state index contributed by atoms with van der Waals surface area (Å²) >= 11 is 0. The molecular weight excluding hydrogens is 246 g/mol. The number of rotatable bonds is 6. The zero-order valence-corrected chi connectivity index (χ0v) is 11.4. The van der Waals surface area contributed by atoms with Crippen LogP contribution in [0.1, 0.15) is 20.3 Å². The highest BCUT2D eigenvalue weighted by molar-refractivity contribution is 5.96. The molecule has 1 N–H and O–H groups in total. The van der Waals surface area contributed by atoms with Crippen molar-refractivity contribution in [1.29, 1.82) is 0 Å². The van der Waals surface area contributed by atoms with Crippen LogP contribution in [0.3, 0.4) is 0 Å². The van der Waals surface area contributed by atoms with Gasteiger partial charge in [-0.2, -0.15) is 0 Å². The Balaban J connectivity index is 3.07. The van der Waals surface area contributed by atoms with Gasteiger partial charge in [0, 0.05) is 12.5 Å². The summed E-state index contributed by atoms with van der Waals surface area (Å²) in [6.45, 7) is 3.70. The lowest BCUT2D eigenvalue weighted by molar-refractivity contribution is -0.136. The van der Waals surface area contributed by atoms with E-state index >= 15 is 0 Å². The summed E-state index contributed by atoms with van der Waals surface area (Å²) in [5.74, 6) is -0.706. The van der Waals surface area contributed by atoms with Crippen LogP contribution in [0.4, 0.5) is 5.69 Å². The molecule has 0 bridgehead atoms. The van der Waals surface area contributed by atoms with E-state index in [-0.39, 0.29) is 24.8 Å². The number of benzene rings is 1. The molecule has 1 amide bonds. The smallest absolute Gasteiger partial charge is 0.305 e. The van der Waals surface area contributed by atoms with E-state index in [1.165, 1.54) is 12.0 Å². The van der Waals surface area contributed by atoms with Crippen LogP contribution in [0.15, 0.2) is 24.3 Å². The molecule has 0 spiro atoms. The van der Waals surface area contributed by atoms with Crippen molar-refractivity contribution in [2.24, 2.45) is 5.92 Å². The second kappa shape index (κ2) is 6.78. The van der Waals surface area contributed by atoms with Crippen LogP contribution in [0.2, 0.25) is 0 Å². The van der Waals surface area contributed by atoms with Gasteiger partial charge in [0.2, 0.25) is 5.91 Å². The van der Waals surface area contributed by atoms with E-state index in [2.05, 4.69) is 0 Å². The highest BCUT2D eigenvalue weighted by Crippen LogP contribution is 2.28. The lowest BCUT2D eigenvalue weighted by Crippen LogP contribution is -2.36. The Morgan fingerprint density at radius 2 is 1.95 bits per heavy atom. The zero-order valence-electron chi connectivity index (χ0n) is 11.4. The summed E-state index contributed by atoms with van der Waals surface area (Å²) in [6, 6.07) is 7.09. The van der Waals surface area contributed by atoms with Crippen molar-refractivity contribution in [3.63, 3.8) is 0 Å². The van der Waals surface area contributed by atoms with Crippen LogP contribution in [-0.2, 0) is 9.59 Å². The third-order valence-electron chi connectivity index (χ3n) is 2.69. The van der Waals surface area contributed by atoms with Crippen molar-refractivity contribution < 1.29 is 19.4 Å². The SMILES string of the molecule is COc1ccccc1N(CCC(=O)O)C(=O)C(C)C. The van der Waals surface area contributed by atoms with E-state index in [9.17, 15) is 9.59 Å². The van der Waals surface area contributed by atoms with Gasteiger partial charge in [0.25, 0.3) is 0 Å². The lowest BCUT2D eigenvalue weighted by Gasteiger charge is -2.25. The molecule has 5 heteroatoms. The van der Waals surface area contributed by atoms with E-state index in [1.54, 1.807) is 38.1 Å². The summed E-state index contributed by atoms with van der Waals surface area (Å²) in [5.41, 5.74) is 0.602. The third-order valence-corrected chi connectivity index (χ3v) is 2.69. The molecule has 1 aromatic carbocycles. The molecule has 0 atom stereocenters. The normalized spacial score (nSPS) is 10.3.